The van der Waals surface area contributed by atoms with Gasteiger partial charge in [-0.05, 0) is 53.7 Å². The molecule has 0 aliphatic carbocycles. The Morgan fingerprint density at radius 3 is 2.56 bits per heavy atom. The molecule has 4 heteroatoms. The number of nitriles is 1. The molecule has 2 atom stereocenters. The molecule has 2 unspecified atom stereocenters. The van der Waals surface area contributed by atoms with E-state index in [-0.39, 0.29) is 6.10 Å². The largest absolute Gasteiger partial charge is 0.393 e. The monoisotopic (exact) mass is 306 g/mol. The first kappa shape index (κ1) is 12.0. The van der Waals surface area contributed by atoms with E-state index in [0.717, 1.165) is 35.8 Å². The highest BCUT2D eigenvalue weighted by Crippen LogP contribution is 2.41. The molecule has 1 N–H and O–H groups in total. The quantitative estimate of drug-likeness (QED) is 0.868. The maximum Gasteiger partial charge on any atom is 0.103 e. The Labute approximate surface area is 115 Å². The van der Waals surface area contributed by atoms with Crippen molar-refractivity contribution in [2.24, 2.45) is 0 Å². The van der Waals surface area contributed by atoms with Crippen LogP contribution >= 0.6 is 15.9 Å². The Morgan fingerprint density at radius 2 is 1.94 bits per heavy atom. The maximum absolute atomic E-state index is 9.83. The van der Waals surface area contributed by atoms with Gasteiger partial charge in [-0.1, -0.05) is 6.07 Å². The average molecular weight is 307 g/mol. The van der Waals surface area contributed by atoms with E-state index in [4.69, 9.17) is 0 Å². The van der Waals surface area contributed by atoms with Crippen LogP contribution in [0.25, 0.3) is 0 Å². The number of anilines is 1. The number of hydrogen-bond donors (Lipinski definition) is 1. The van der Waals surface area contributed by atoms with Gasteiger partial charge in [-0.15, -0.1) is 0 Å². The van der Waals surface area contributed by atoms with Crippen molar-refractivity contribution >= 4 is 21.6 Å². The Balaban J connectivity index is 2.02. The van der Waals surface area contributed by atoms with Crippen LogP contribution < -0.4 is 4.90 Å². The molecular weight excluding hydrogens is 292 g/mol. The predicted octanol–water partition coefficient (Wildman–Crippen LogP) is 2.81. The van der Waals surface area contributed by atoms with Crippen LogP contribution in [0.1, 0.15) is 31.2 Å². The van der Waals surface area contributed by atoms with Gasteiger partial charge in [0.15, 0.2) is 0 Å². The molecule has 94 valence electrons. The summed E-state index contributed by atoms with van der Waals surface area (Å²) < 4.78 is 0.855. The van der Waals surface area contributed by atoms with Crippen LogP contribution in [0.4, 0.5) is 5.69 Å². The lowest BCUT2D eigenvalue weighted by molar-refractivity contribution is 0.126. The first-order valence-corrected chi connectivity index (χ1v) is 7.15. The third-order valence-corrected chi connectivity index (χ3v) is 4.75. The zero-order valence-corrected chi connectivity index (χ0v) is 11.6. The minimum atomic E-state index is -0.170. The summed E-state index contributed by atoms with van der Waals surface area (Å²) in [7, 11) is 0. The number of nitrogens with zero attached hydrogens (tertiary/aromatic N) is 2. The second-order valence-electron chi connectivity index (χ2n) is 5.16. The van der Waals surface area contributed by atoms with E-state index >= 15 is 0 Å². The van der Waals surface area contributed by atoms with Crippen molar-refractivity contribution in [1.29, 1.82) is 5.26 Å². The number of rotatable bonds is 1. The van der Waals surface area contributed by atoms with Crippen molar-refractivity contribution < 1.29 is 5.11 Å². The maximum atomic E-state index is 9.83. The standard InChI is InChI=1S/C14H15BrN2O/c15-13-2-1-3-14(12(13)8-16)17-9-4-5-10(17)7-11(18)6-9/h1-3,9-11,18H,4-7H2. The molecule has 1 aromatic rings. The molecule has 0 radical (unpaired) electrons. The third kappa shape index (κ3) is 1.82. The SMILES string of the molecule is N#Cc1c(Br)cccc1N1C2CCC1CC(O)C2. The van der Waals surface area contributed by atoms with Crippen LogP contribution in [0.15, 0.2) is 22.7 Å². The van der Waals surface area contributed by atoms with Crippen molar-refractivity contribution in [3.63, 3.8) is 0 Å². The van der Waals surface area contributed by atoms with Crippen LogP contribution in [0.3, 0.4) is 0 Å². The third-order valence-electron chi connectivity index (χ3n) is 4.09. The van der Waals surface area contributed by atoms with Gasteiger partial charge >= 0.3 is 0 Å². The summed E-state index contributed by atoms with van der Waals surface area (Å²) >= 11 is 3.45. The molecule has 3 rings (SSSR count). The van der Waals surface area contributed by atoms with Gasteiger partial charge in [0.1, 0.15) is 6.07 Å². The topological polar surface area (TPSA) is 47.3 Å². The molecule has 3 nitrogen and oxygen atoms in total. The van der Waals surface area contributed by atoms with E-state index in [1.165, 1.54) is 0 Å². The number of aliphatic hydroxyl groups is 1. The fraction of sp³-hybridized carbons (Fsp3) is 0.500. The summed E-state index contributed by atoms with van der Waals surface area (Å²) in [4.78, 5) is 2.36. The molecule has 18 heavy (non-hydrogen) atoms. The molecule has 2 saturated heterocycles. The van der Waals surface area contributed by atoms with Crippen molar-refractivity contribution in [3.05, 3.63) is 28.2 Å². The van der Waals surface area contributed by atoms with Crippen LogP contribution in [-0.2, 0) is 0 Å². The Kier molecular flexibility index (Phi) is 3.04. The first-order chi connectivity index (χ1) is 8.70. The molecule has 0 aromatic heterocycles. The molecule has 0 amide bonds. The number of piperidine rings is 1. The lowest BCUT2D eigenvalue weighted by Crippen LogP contribution is -2.45. The number of fused-ring (bicyclic) bond motifs is 2. The van der Waals surface area contributed by atoms with Gasteiger partial charge in [-0.2, -0.15) is 5.26 Å². The van der Waals surface area contributed by atoms with E-state index in [0.29, 0.717) is 17.6 Å². The number of aliphatic hydroxyl groups excluding tert-OH is 1. The highest BCUT2D eigenvalue weighted by molar-refractivity contribution is 9.10. The Hall–Kier alpha value is -1.05. The van der Waals surface area contributed by atoms with E-state index in [1.807, 2.05) is 18.2 Å². The first-order valence-electron chi connectivity index (χ1n) is 6.35. The van der Waals surface area contributed by atoms with Crippen molar-refractivity contribution in [2.45, 2.75) is 43.9 Å². The molecule has 2 aliphatic heterocycles. The zero-order valence-electron chi connectivity index (χ0n) is 10.0. The molecule has 0 saturated carbocycles. The summed E-state index contributed by atoms with van der Waals surface area (Å²) in [6.45, 7) is 0. The van der Waals surface area contributed by atoms with Gasteiger partial charge in [0.2, 0.25) is 0 Å². The van der Waals surface area contributed by atoms with E-state index in [2.05, 4.69) is 26.9 Å². The molecule has 2 fully saturated rings. The highest BCUT2D eigenvalue weighted by atomic mass is 79.9. The highest BCUT2D eigenvalue weighted by Gasteiger charge is 2.41. The second-order valence-corrected chi connectivity index (χ2v) is 6.02. The van der Waals surface area contributed by atoms with Gasteiger partial charge in [-0.3, -0.25) is 0 Å². The second kappa shape index (κ2) is 4.56. The minimum Gasteiger partial charge on any atom is -0.393 e. The van der Waals surface area contributed by atoms with E-state index in [1.54, 1.807) is 0 Å². The van der Waals surface area contributed by atoms with Gasteiger partial charge in [-0.25, -0.2) is 0 Å². The van der Waals surface area contributed by atoms with Crippen LogP contribution in [0.5, 0.6) is 0 Å². The predicted molar refractivity (Wildman–Crippen MR) is 73.4 cm³/mol. The van der Waals surface area contributed by atoms with Crippen molar-refractivity contribution in [3.8, 4) is 6.07 Å². The van der Waals surface area contributed by atoms with Crippen molar-refractivity contribution in [1.82, 2.24) is 0 Å². The van der Waals surface area contributed by atoms with E-state index in [9.17, 15) is 10.4 Å². The molecule has 2 aliphatic rings. The molecule has 2 heterocycles. The van der Waals surface area contributed by atoms with Gasteiger partial charge in [0.25, 0.3) is 0 Å². The minimum absolute atomic E-state index is 0.170. The van der Waals surface area contributed by atoms with Crippen LogP contribution in [-0.4, -0.2) is 23.3 Å². The summed E-state index contributed by atoms with van der Waals surface area (Å²) in [6, 6.07) is 8.97. The van der Waals surface area contributed by atoms with E-state index < -0.39 is 0 Å². The molecule has 1 aromatic carbocycles. The zero-order chi connectivity index (χ0) is 12.7. The fourth-order valence-corrected chi connectivity index (χ4v) is 3.82. The van der Waals surface area contributed by atoms with Crippen molar-refractivity contribution in [2.75, 3.05) is 4.90 Å². The molecule has 0 spiro atoms. The fourth-order valence-electron chi connectivity index (χ4n) is 3.38. The van der Waals surface area contributed by atoms with Gasteiger partial charge in [0, 0.05) is 16.6 Å². The summed E-state index contributed by atoms with van der Waals surface area (Å²) in [5, 5.41) is 19.2. The number of halogens is 1. The lowest BCUT2D eigenvalue weighted by atomic mass is 9.98. The average Bonchev–Trinajstić information content (AvgIpc) is 2.61. The van der Waals surface area contributed by atoms with Crippen LogP contribution in [0, 0.1) is 11.3 Å². The smallest absolute Gasteiger partial charge is 0.103 e. The summed E-state index contributed by atoms with van der Waals surface area (Å²) in [5.74, 6) is 0. The molecule has 2 bridgehead atoms. The normalized spacial score (nSPS) is 30.3. The van der Waals surface area contributed by atoms with Gasteiger partial charge in [0.05, 0.1) is 17.4 Å². The molecular formula is C14H15BrN2O. The number of benzene rings is 1. The Morgan fingerprint density at radius 1 is 1.28 bits per heavy atom. The Bertz CT molecular complexity index is 497. The van der Waals surface area contributed by atoms with Crippen LogP contribution in [0.2, 0.25) is 0 Å². The summed E-state index contributed by atoms with van der Waals surface area (Å²) in [5.41, 5.74) is 1.73. The summed E-state index contributed by atoms with van der Waals surface area (Å²) in [6.07, 6.45) is 3.73. The lowest BCUT2D eigenvalue weighted by Gasteiger charge is -2.39. The number of hydrogen-bond acceptors (Lipinski definition) is 3. The van der Waals surface area contributed by atoms with Gasteiger partial charge < -0.3 is 10.0 Å².